The molecule has 2 aliphatic heterocycles. The molecule has 2 saturated heterocycles. The van der Waals surface area contributed by atoms with Gasteiger partial charge >= 0.3 is 0 Å². The lowest BCUT2D eigenvalue weighted by Crippen LogP contribution is -2.55. The van der Waals surface area contributed by atoms with Crippen molar-refractivity contribution in [2.24, 2.45) is 5.73 Å². The first kappa shape index (κ1) is 17.6. The Balaban J connectivity index is 2.06. The zero-order valence-corrected chi connectivity index (χ0v) is 15.3. The summed E-state index contributed by atoms with van der Waals surface area (Å²) in [5.74, 6) is 1.25. The second-order valence-corrected chi connectivity index (χ2v) is 9.56. The average molecular weight is 314 g/mol. The maximum atomic E-state index is 6.31. The van der Waals surface area contributed by atoms with Gasteiger partial charge in [-0.2, -0.15) is 11.8 Å². The van der Waals surface area contributed by atoms with E-state index in [9.17, 15) is 0 Å². The molecule has 3 nitrogen and oxygen atoms in total. The number of thioether (sulfide) groups is 1. The molecule has 21 heavy (non-hydrogen) atoms. The minimum atomic E-state index is 0.255. The number of hydrogen-bond acceptors (Lipinski definition) is 4. The maximum Gasteiger partial charge on any atom is 0.0344 e. The molecule has 2 fully saturated rings. The van der Waals surface area contributed by atoms with Gasteiger partial charge in [-0.05, 0) is 46.1 Å². The van der Waals surface area contributed by atoms with Crippen LogP contribution >= 0.6 is 11.8 Å². The topological polar surface area (TPSA) is 32.5 Å². The van der Waals surface area contributed by atoms with E-state index < -0.39 is 0 Å². The predicted octanol–water partition coefficient (Wildman–Crippen LogP) is 2.80. The molecular formula is C17H35N3S. The van der Waals surface area contributed by atoms with E-state index >= 15 is 0 Å². The lowest BCUT2D eigenvalue weighted by atomic mass is 9.87. The second kappa shape index (κ2) is 7.20. The highest BCUT2D eigenvalue weighted by Gasteiger charge is 2.39. The summed E-state index contributed by atoms with van der Waals surface area (Å²) in [6.07, 6.45) is 5.10. The summed E-state index contributed by atoms with van der Waals surface area (Å²) >= 11 is 2.14. The first-order valence-electron chi connectivity index (χ1n) is 8.72. The van der Waals surface area contributed by atoms with Crippen molar-refractivity contribution in [1.29, 1.82) is 0 Å². The maximum absolute atomic E-state index is 6.31. The third kappa shape index (κ3) is 4.37. The number of rotatable bonds is 3. The molecule has 0 bridgehead atoms. The second-order valence-electron chi connectivity index (χ2n) is 7.76. The van der Waals surface area contributed by atoms with Crippen LogP contribution in [0.3, 0.4) is 0 Å². The smallest absolute Gasteiger partial charge is 0.0344 e. The van der Waals surface area contributed by atoms with Crippen LogP contribution in [0.1, 0.15) is 53.4 Å². The lowest BCUT2D eigenvalue weighted by molar-refractivity contribution is 0.0818. The normalized spacial score (nSPS) is 32.9. The van der Waals surface area contributed by atoms with Gasteiger partial charge in [0.1, 0.15) is 0 Å². The van der Waals surface area contributed by atoms with E-state index in [-0.39, 0.29) is 5.54 Å². The number of likely N-dealkylation sites (tertiary alicyclic amines) is 1. The van der Waals surface area contributed by atoms with Gasteiger partial charge in [0.15, 0.2) is 0 Å². The van der Waals surface area contributed by atoms with Crippen LogP contribution in [0.5, 0.6) is 0 Å². The van der Waals surface area contributed by atoms with E-state index in [0.717, 1.165) is 6.54 Å². The van der Waals surface area contributed by atoms with E-state index in [1.54, 1.807) is 0 Å². The number of nitrogens with zero attached hydrogens (tertiary/aromatic N) is 2. The highest BCUT2D eigenvalue weighted by Crippen LogP contribution is 2.36. The molecule has 4 heteroatoms. The Kier molecular flexibility index (Phi) is 6.03. The standard InChI is InChI=1S/C17H35N3S/c1-15(2)19-9-5-6-17(14-18,8-10-19)20-11-7-16(3,4)21-13-12-20/h15H,5-14,18H2,1-4H3. The summed E-state index contributed by atoms with van der Waals surface area (Å²) in [5.41, 5.74) is 6.57. The first-order chi connectivity index (χ1) is 9.88. The summed E-state index contributed by atoms with van der Waals surface area (Å²) in [6, 6.07) is 0.664. The molecule has 0 aliphatic carbocycles. The van der Waals surface area contributed by atoms with Crippen LogP contribution < -0.4 is 5.73 Å². The number of hydrogen-bond donors (Lipinski definition) is 1. The SMILES string of the molecule is CC(C)N1CCCC(CN)(N2CCSC(C)(C)CC2)CC1. The quantitative estimate of drug-likeness (QED) is 0.868. The van der Waals surface area contributed by atoms with Crippen molar-refractivity contribution in [3.63, 3.8) is 0 Å². The lowest BCUT2D eigenvalue weighted by Gasteiger charge is -2.43. The van der Waals surface area contributed by atoms with Crippen molar-refractivity contribution in [3.05, 3.63) is 0 Å². The predicted molar refractivity (Wildman–Crippen MR) is 95.1 cm³/mol. The van der Waals surface area contributed by atoms with Crippen LogP contribution in [0.4, 0.5) is 0 Å². The molecule has 2 aliphatic rings. The van der Waals surface area contributed by atoms with Crippen LogP contribution in [0.25, 0.3) is 0 Å². The van der Waals surface area contributed by atoms with Gasteiger partial charge in [-0.3, -0.25) is 4.90 Å². The van der Waals surface area contributed by atoms with Gasteiger partial charge in [0.2, 0.25) is 0 Å². The monoisotopic (exact) mass is 313 g/mol. The summed E-state index contributed by atoms with van der Waals surface area (Å²) in [7, 11) is 0. The molecule has 0 aromatic carbocycles. The molecule has 0 aromatic heterocycles. The van der Waals surface area contributed by atoms with E-state index in [1.165, 1.54) is 57.6 Å². The molecule has 1 unspecified atom stereocenters. The fourth-order valence-electron chi connectivity index (χ4n) is 3.86. The third-order valence-electron chi connectivity index (χ3n) is 5.57. The van der Waals surface area contributed by atoms with Crippen molar-refractivity contribution in [2.75, 3.05) is 38.5 Å². The van der Waals surface area contributed by atoms with E-state index in [1.807, 2.05) is 0 Å². The summed E-state index contributed by atoms with van der Waals surface area (Å²) in [4.78, 5) is 5.38. The Bertz CT molecular complexity index is 332. The van der Waals surface area contributed by atoms with Gasteiger partial charge in [-0.15, -0.1) is 0 Å². The molecule has 2 heterocycles. The molecule has 0 radical (unpaired) electrons. The van der Waals surface area contributed by atoms with Gasteiger partial charge in [-0.25, -0.2) is 0 Å². The summed E-state index contributed by atoms with van der Waals surface area (Å²) < 4.78 is 0.430. The molecule has 0 spiro atoms. The third-order valence-corrected chi connectivity index (χ3v) is 6.94. The highest BCUT2D eigenvalue weighted by atomic mass is 32.2. The molecule has 0 amide bonds. The number of nitrogens with two attached hydrogens (primary N) is 1. The highest BCUT2D eigenvalue weighted by molar-refractivity contribution is 8.00. The van der Waals surface area contributed by atoms with Crippen molar-refractivity contribution in [3.8, 4) is 0 Å². The Labute approximate surface area is 136 Å². The molecule has 2 N–H and O–H groups in total. The Morgan fingerprint density at radius 1 is 1.05 bits per heavy atom. The molecule has 124 valence electrons. The van der Waals surface area contributed by atoms with Crippen LogP contribution in [0.15, 0.2) is 0 Å². The van der Waals surface area contributed by atoms with Gasteiger partial charge in [0.05, 0.1) is 0 Å². The zero-order valence-electron chi connectivity index (χ0n) is 14.5. The van der Waals surface area contributed by atoms with Crippen LogP contribution in [0.2, 0.25) is 0 Å². The van der Waals surface area contributed by atoms with E-state index in [2.05, 4.69) is 49.3 Å². The first-order valence-corrected chi connectivity index (χ1v) is 9.70. The Morgan fingerprint density at radius 2 is 1.81 bits per heavy atom. The van der Waals surface area contributed by atoms with Crippen LogP contribution in [0, 0.1) is 0 Å². The Hall–Kier alpha value is 0.230. The molecule has 1 atom stereocenters. The minimum absolute atomic E-state index is 0.255. The minimum Gasteiger partial charge on any atom is -0.329 e. The molecule has 0 saturated carbocycles. The van der Waals surface area contributed by atoms with Gasteiger partial charge in [0, 0.05) is 48.3 Å². The van der Waals surface area contributed by atoms with Crippen molar-refractivity contribution in [1.82, 2.24) is 9.80 Å². The largest absolute Gasteiger partial charge is 0.329 e. The van der Waals surface area contributed by atoms with Crippen LogP contribution in [-0.4, -0.2) is 64.6 Å². The van der Waals surface area contributed by atoms with E-state index in [0.29, 0.717) is 10.8 Å². The van der Waals surface area contributed by atoms with Gasteiger partial charge in [0.25, 0.3) is 0 Å². The zero-order chi connectivity index (χ0) is 15.5. The van der Waals surface area contributed by atoms with Crippen molar-refractivity contribution in [2.45, 2.75) is 69.7 Å². The molecule has 2 rings (SSSR count). The van der Waals surface area contributed by atoms with E-state index in [4.69, 9.17) is 5.73 Å². The van der Waals surface area contributed by atoms with Crippen molar-refractivity contribution >= 4 is 11.8 Å². The van der Waals surface area contributed by atoms with Crippen molar-refractivity contribution < 1.29 is 0 Å². The van der Waals surface area contributed by atoms with Gasteiger partial charge < -0.3 is 10.6 Å². The average Bonchev–Trinajstić information content (AvgIpc) is 2.75. The van der Waals surface area contributed by atoms with Gasteiger partial charge in [-0.1, -0.05) is 13.8 Å². The Morgan fingerprint density at radius 3 is 2.48 bits per heavy atom. The summed E-state index contributed by atoms with van der Waals surface area (Å²) in [5, 5.41) is 0. The summed E-state index contributed by atoms with van der Waals surface area (Å²) in [6.45, 7) is 15.1. The fourth-order valence-corrected chi connectivity index (χ4v) is 4.96. The molecular weight excluding hydrogens is 278 g/mol. The molecule has 0 aromatic rings. The van der Waals surface area contributed by atoms with Crippen LogP contribution in [-0.2, 0) is 0 Å². The fraction of sp³-hybridized carbons (Fsp3) is 1.00.